The molecule has 0 fully saturated rings. The highest BCUT2D eigenvalue weighted by Gasteiger charge is 2.01. The number of benzene rings is 2. The number of nitrogens with zero attached hydrogens (tertiary/aromatic N) is 2. The first kappa shape index (κ1) is 19.0. The van der Waals surface area contributed by atoms with Gasteiger partial charge in [-0.3, -0.25) is 0 Å². The number of anilines is 3. The Morgan fingerprint density at radius 3 is 2.52 bits per heavy atom. The van der Waals surface area contributed by atoms with E-state index in [9.17, 15) is 0 Å². The van der Waals surface area contributed by atoms with Crippen LogP contribution in [-0.4, -0.2) is 16.5 Å². The largest absolute Gasteiger partial charge is 0.489 e. The van der Waals surface area contributed by atoms with Crippen LogP contribution < -0.4 is 15.4 Å². The molecule has 0 aliphatic rings. The first-order valence-electron chi connectivity index (χ1n) is 9.04. The molecule has 0 saturated heterocycles. The van der Waals surface area contributed by atoms with Crippen LogP contribution in [0.2, 0.25) is 5.02 Å². The Balaban J connectivity index is 1.54. The van der Waals surface area contributed by atoms with Gasteiger partial charge in [-0.15, -0.1) is 0 Å². The van der Waals surface area contributed by atoms with E-state index >= 15 is 0 Å². The SMILES string of the molecule is CCCCNc1nccc(Nc2ccc(OCc3ccc(Cl)cc3)cc2)n1. The van der Waals surface area contributed by atoms with E-state index in [0.29, 0.717) is 12.6 Å². The van der Waals surface area contributed by atoms with Gasteiger partial charge >= 0.3 is 0 Å². The fourth-order valence-corrected chi connectivity index (χ4v) is 2.55. The van der Waals surface area contributed by atoms with Crippen molar-refractivity contribution in [1.29, 1.82) is 0 Å². The van der Waals surface area contributed by atoms with Crippen molar-refractivity contribution in [3.05, 3.63) is 71.4 Å². The van der Waals surface area contributed by atoms with Gasteiger partial charge in [-0.25, -0.2) is 4.98 Å². The van der Waals surface area contributed by atoms with Gasteiger partial charge in [-0.1, -0.05) is 37.1 Å². The standard InChI is InChI=1S/C21H23ClN4O/c1-2-3-13-23-21-24-14-12-20(26-21)25-18-8-10-19(11-9-18)27-15-16-4-6-17(22)7-5-16/h4-12,14H,2-3,13,15H2,1H3,(H2,23,24,25,26). The molecule has 27 heavy (non-hydrogen) atoms. The Hall–Kier alpha value is -2.79. The highest BCUT2D eigenvalue weighted by atomic mass is 35.5. The molecule has 2 N–H and O–H groups in total. The van der Waals surface area contributed by atoms with Crippen LogP contribution in [0.15, 0.2) is 60.8 Å². The lowest BCUT2D eigenvalue weighted by atomic mass is 10.2. The number of ether oxygens (including phenoxy) is 1. The molecule has 0 bridgehead atoms. The first-order valence-corrected chi connectivity index (χ1v) is 9.42. The predicted molar refractivity (Wildman–Crippen MR) is 111 cm³/mol. The van der Waals surface area contributed by atoms with Crippen molar-refractivity contribution in [3.63, 3.8) is 0 Å². The molecule has 6 heteroatoms. The van der Waals surface area contributed by atoms with E-state index < -0.39 is 0 Å². The average Bonchev–Trinajstić information content (AvgIpc) is 2.69. The van der Waals surface area contributed by atoms with E-state index in [1.807, 2.05) is 54.6 Å². The number of hydrogen-bond acceptors (Lipinski definition) is 5. The molecule has 0 aliphatic carbocycles. The van der Waals surface area contributed by atoms with Gasteiger partial charge < -0.3 is 15.4 Å². The third-order valence-electron chi connectivity index (χ3n) is 3.91. The van der Waals surface area contributed by atoms with Crippen LogP contribution in [0.3, 0.4) is 0 Å². The van der Waals surface area contributed by atoms with Crippen LogP contribution in [0.25, 0.3) is 0 Å². The van der Waals surface area contributed by atoms with Gasteiger partial charge in [0.05, 0.1) is 0 Å². The fraction of sp³-hybridized carbons (Fsp3) is 0.238. The number of halogens is 1. The van der Waals surface area contributed by atoms with Crippen molar-refractivity contribution in [1.82, 2.24) is 9.97 Å². The Kier molecular flexibility index (Phi) is 6.88. The van der Waals surface area contributed by atoms with Crippen LogP contribution in [0.4, 0.5) is 17.5 Å². The molecule has 0 atom stereocenters. The van der Waals surface area contributed by atoms with Crippen LogP contribution in [0.5, 0.6) is 5.75 Å². The lowest BCUT2D eigenvalue weighted by Crippen LogP contribution is -2.06. The fourth-order valence-electron chi connectivity index (χ4n) is 2.42. The molecule has 0 unspecified atom stereocenters. The third-order valence-corrected chi connectivity index (χ3v) is 4.17. The summed E-state index contributed by atoms with van der Waals surface area (Å²) in [6.07, 6.45) is 3.98. The summed E-state index contributed by atoms with van der Waals surface area (Å²) in [4.78, 5) is 8.70. The van der Waals surface area contributed by atoms with Crippen LogP contribution in [0.1, 0.15) is 25.3 Å². The minimum absolute atomic E-state index is 0.503. The molecule has 0 saturated carbocycles. The number of unbranched alkanes of at least 4 members (excludes halogenated alkanes) is 1. The molecule has 1 aromatic heterocycles. The first-order chi connectivity index (χ1) is 13.2. The molecule has 3 rings (SSSR count). The molecule has 0 aliphatic heterocycles. The van der Waals surface area contributed by atoms with Crippen molar-refractivity contribution >= 4 is 29.1 Å². The highest BCUT2D eigenvalue weighted by Crippen LogP contribution is 2.20. The third kappa shape index (κ3) is 6.15. The summed E-state index contributed by atoms with van der Waals surface area (Å²) in [5.74, 6) is 2.19. The van der Waals surface area contributed by atoms with Gasteiger partial charge in [0.1, 0.15) is 18.2 Å². The van der Waals surface area contributed by atoms with Crippen LogP contribution in [0, 0.1) is 0 Å². The monoisotopic (exact) mass is 382 g/mol. The van der Waals surface area contributed by atoms with E-state index in [1.165, 1.54) is 0 Å². The minimum Gasteiger partial charge on any atom is -0.489 e. The second-order valence-corrected chi connectivity index (χ2v) is 6.55. The summed E-state index contributed by atoms with van der Waals surface area (Å²) in [7, 11) is 0. The topological polar surface area (TPSA) is 59.1 Å². The molecule has 0 spiro atoms. The normalized spacial score (nSPS) is 10.4. The summed E-state index contributed by atoms with van der Waals surface area (Å²) in [5, 5.41) is 7.23. The van der Waals surface area contributed by atoms with Crippen molar-refractivity contribution in [2.75, 3.05) is 17.2 Å². The Labute approximate surface area is 164 Å². The van der Waals surface area contributed by atoms with Gasteiger partial charge in [0.15, 0.2) is 0 Å². The van der Waals surface area contributed by atoms with E-state index in [-0.39, 0.29) is 0 Å². The predicted octanol–water partition coefficient (Wildman–Crippen LogP) is 5.66. The quantitative estimate of drug-likeness (QED) is 0.467. The van der Waals surface area contributed by atoms with E-state index in [0.717, 1.165) is 47.2 Å². The minimum atomic E-state index is 0.503. The lowest BCUT2D eigenvalue weighted by Gasteiger charge is -2.10. The lowest BCUT2D eigenvalue weighted by molar-refractivity contribution is 0.306. The molecule has 3 aromatic rings. The van der Waals surface area contributed by atoms with Crippen molar-refractivity contribution in [2.24, 2.45) is 0 Å². The second-order valence-electron chi connectivity index (χ2n) is 6.11. The maximum Gasteiger partial charge on any atom is 0.224 e. The molecule has 0 amide bonds. The second kappa shape index (κ2) is 9.78. The van der Waals surface area contributed by atoms with E-state index in [1.54, 1.807) is 6.20 Å². The summed E-state index contributed by atoms with van der Waals surface area (Å²) >= 11 is 5.89. The van der Waals surface area contributed by atoms with Crippen molar-refractivity contribution in [3.8, 4) is 5.75 Å². The summed E-state index contributed by atoms with van der Waals surface area (Å²) in [6, 6.07) is 17.3. The van der Waals surface area contributed by atoms with Crippen LogP contribution >= 0.6 is 11.6 Å². The number of nitrogens with one attached hydrogen (secondary N) is 2. The average molecular weight is 383 g/mol. The highest BCUT2D eigenvalue weighted by molar-refractivity contribution is 6.30. The molecular weight excluding hydrogens is 360 g/mol. The Morgan fingerprint density at radius 2 is 1.78 bits per heavy atom. The Bertz CT molecular complexity index is 838. The number of rotatable bonds is 9. The maximum absolute atomic E-state index is 5.89. The zero-order chi connectivity index (χ0) is 18.9. The summed E-state index contributed by atoms with van der Waals surface area (Å²) in [6.45, 7) is 3.53. The van der Waals surface area contributed by atoms with Crippen molar-refractivity contribution < 1.29 is 4.74 Å². The maximum atomic E-state index is 5.89. The van der Waals surface area contributed by atoms with Gasteiger partial charge in [0.25, 0.3) is 0 Å². The van der Waals surface area contributed by atoms with Gasteiger partial charge in [-0.2, -0.15) is 4.98 Å². The molecular formula is C21H23ClN4O. The summed E-state index contributed by atoms with van der Waals surface area (Å²) in [5.41, 5.74) is 2.01. The number of aromatic nitrogens is 2. The van der Waals surface area contributed by atoms with E-state index in [2.05, 4.69) is 27.5 Å². The van der Waals surface area contributed by atoms with E-state index in [4.69, 9.17) is 16.3 Å². The molecule has 0 radical (unpaired) electrons. The molecule has 140 valence electrons. The zero-order valence-corrected chi connectivity index (χ0v) is 16.0. The molecule has 1 heterocycles. The zero-order valence-electron chi connectivity index (χ0n) is 15.3. The van der Waals surface area contributed by atoms with Gasteiger partial charge in [-0.05, 0) is 54.4 Å². The van der Waals surface area contributed by atoms with Gasteiger partial charge in [0.2, 0.25) is 5.95 Å². The number of hydrogen-bond donors (Lipinski definition) is 2. The molecule has 5 nitrogen and oxygen atoms in total. The van der Waals surface area contributed by atoms with Gasteiger partial charge in [0, 0.05) is 23.5 Å². The Morgan fingerprint density at radius 1 is 1.00 bits per heavy atom. The summed E-state index contributed by atoms with van der Waals surface area (Å²) < 4.78 is 5.80. The smallest absolute Gasteiger partial charge is 0.224 e. The van der Waals surface area contributed by atoms with Crippen molar-refractivity contribution in [2.45, 2.75) is 26.4 Å². The molecule has 2 aromatic carbocycles. The van der Waals surface area contributed by atoms with Crippen LogP contribution in [-0.2, 0) is 6.61 Å².